The number of amides is 1. The molecule has 6 heteroatoms. The first kappa shape index (κ1) is 15.0. The highest BCUT2D eigenvalue weighted by atomic mass is 19.2. The predicted molar refractivity (Wildman–Crippen MR) is 83.9 cm³/mol. The van der Waals surface area contributed by atoms with Crippen LogP contribution in [0.4, 0.5) is 14.5 Å². The Hall–Kier alpha value is -2.89. The molecule has 1 aromatic heterocycles. The van der Waals surface area contributed by atoms with Crippen molar-refractivity contribution in [3.05, 3.63) is 59.3 Å². The van der Waals surface area contributed by atoms with Gasteiger partial charge in [0.2, 0.25) is 0 Å². The number of aromatic nitrogens is 1. The number of fused-ring (bicyclic) bond motifs is 1. The lowest BCUT2D eigenvalue weighted by molar-refractivity contribution is 0.102. The van der Waals surface area contributed by atoms with Crippen molar-refractivity contribution in [2.45, 2.75) is 6.92 Å². The standard InChI is InChI=1S/C17H14F2N2O2/c1-9-15(16-13(20-9)4-3-5-14(16)23-2)17(22)21-10-6-7-11(18)12(19)8-10/h3-8,20H,1-2H3,(H,21,22). The van der Waals surface area contributed by atoms with Crippen LogP contribution in [0.25, 0.3) is 10.9 Å². The average Bonchev–Trinajstić information content (AvgIpc) is 2.86. The van der Waals surface area contributed by atoms with Crippen LogP contribution in [0.1, 0.15) is 16.1 Å². The van der Waals surface area contributed by atoms with E-state index in [2.05, 4.69) is 10.3 Å². The summed E-state index contributed by atoms with van der Waals surface area (Å²) in [4.78, 5) is 15.7. The summed E-state index contributed by atoms with van der Waals surface area (Å²) in [5.41, 5.74) is 2.00. The van der Waals surface area contributed by atoms with E-state index >= 15 is 0 Å². The summed E-state index contributed by atoms with van der Waals surface area (Å²) in [7, 11) is 1.52. The summed E-state index contributed by atoms with van der Waals surface area (Å²) >= 11 is 0. The van der Waals surface area contributed by atoms with Gasteiger partial charge in [-0.15, -0.1) is 0 Å². The number of nitrogens with one attached hydrogen (secondary N) is 2. The second kappa shape index (κ2) is 5.72. The van der Waals surface area contributed by atoms with Crippen LogP contribution in [-0.2, 0) is 0 Å². The van der Waals surface area contributed by atoms with Crippen LogP contribution in [0.5, 0.6) is 5.75 Å². The van der Waals surface area contributed by atoms with Crippen molar-refractivity contribution in [1.29, 1.82) is 0 Å². The van der Waals surface area contributed by atoms with E-state index in [0.717, 1.165) is 17.6 Å². The Bertz CT molecular complexity index is 903. The minimum atomic E-state index is -1.02. The Labute approximate surface area is 131 Å². The molecule has 0 aliphatic rings. The van der Waals surface area contributed by atoms with Crippen LogP contribution in [-0.4, -0.2) is 18.0 Å². The van der Waals surface area contributed by atoms with Gasteiger partial charge < -0.3 is 15.0 Å². The molecule has 0 bridgehead atoms. The lowest BCUT2D eigenvalue weighted by Gasteiger charge is -2.08. The van der Waals surface area contributed by atoms with Gasteiger partial charge in [0.05, 0.1) is 23.6 Å². The molecule has 0 spiro atoms. The summed E-state index contributed by atoms with van der Waals surface area (Å²) in [6.07, 6.45) is 0. The van der Waals surface area contributed by atoms with Gasteiger partial charge in [-0.25, -0.2) is 8.78 Å². The van der Waals surface area contributed by atoms with E-state index in [0.29, 0.717) is 22.4 Å². The van der Waals surface area contributed by atoms with Gasteiger partial charge in [0.15, 0.2) is 11.6 Å². The van der Waals surface area contributed by atoms with Crippen molar-refractivity contribution < 1.29 is 18.3 Å². The molecule has 3 rings (SSSR count). The van der Waals surface area contributed by atoms with E-state index in [1.807, 2.05) is 12.1 Å². The van der Waals surface area contributed by atoms with Crippen molar-refractivity contribution >= 4 is 22.5 Å². The molecule has 1 amide bonds. The molecule has 23 heavy (non-hydrogen) atoms. The first-order chi connectivity index (χ1) is 11.0. The number of H-pyrrole nitrogens is 1. The Morgan fingerprint density at radius 3 is 2.65 bits per heavy atom. The lowest BCUT2D eigenvalue weighted by atomic mass is 10.1. The molecular formula is C17H14F2N2O2. The second-order valence-electron chi connectivity index (χ2n) is 5.09. The van der Waals surface area contributed by atoms with Crippen LogP contribution in [0.2, 0.25) is 0 Å². The van der Waals surface area contributed by atoms with E-state index in [1.54, 1.807) is 13.0 Å². The fourth-order valence-electron chi connectivity index (χ4n) is 2.57. The van der Waals surface area contributed by atoms with Gasteiger partial charge in [-0.05, 0) is 31.2 Å². The Balaban J connectivity index is 2.03. The number of aryl methyl sites for hydroxylation is 1. The molecular weight excluding hydrogens is 302 g/mol. The number of halogens is 2. The lowest BCUT2D eigenvalue weighted by Crippen LogP contribution is -2.13. The zero-order valence-corrected chi connectivity index (χ0v) is 12.5. The van der Waals surface area contributed by atoms with Crippen LogP contribution in [0, 0.1) is 18.6 Å². The molecule has 0 fully saturated rings. The minimum absolute atomic E-state index is 0.178. The van der Waals surface area contributed by atoms with Crippen molar-refractivity contribution in [1.82, 2.24) is 4.98 Å². The number of methoxy groups -OCH3 is 1. The van der Waals surface area contributed by atoms with Gasteiger partial charge in [0.25, 0.3) is 5.91 Å². The highest BCUT2D eigenvalue weighted by Gasteiger charge is 2.19. The third kappa shape index (κ3) is 2.63. The zero-order chi connectivity index (χ0) is 16.6. The first-order valence-electron chi connectivity index (χ1n) is 6.93. The topological polar surface area (TPSA) is 54.1 Å². The number of ether oxygens (including phenoxy) is 1. The predicted octanol–water partition coefficient (Wildman–Crippen LogP) is 4.02. The maximum atomic E-state index is 13.3. The molecule has 0 saturated heterocycles. The number of hydrogen-bond donors (Lipinski definition) is 2. The molecule has 1 heterocycles. The minimum Gasteiger partial charge on any atom is -0.496 e. The molecule has 118 valence electrons. The SMILES string of the molecule is COc1cccc2[nH]c(C)c(C(=O)Nc3ccc(F)c(F)c3)c12. The average molecular weight is 316 g/mol. The largest absolute Gasteiger partial charge is 0.496 e. The second-order valence-corrected chi connectivity index (χ2v) is 5.09. The van der Waals surface area contributed by atoms with Gasteiger partial charge in [-0.3, -0.25) is 4.79 Å². The van der Waals surface area contributed by atoms with Crippen LogP contribution >= 0.6 is 0 Å². The first-order valence-corrected chi connectivity index (χ1v) is 6.93. The van der Waals surface area contributed by atoms with E-state index < -0.39 is 17.5 Å². The molecule has 0 aliphatic carbocycles. The quantitative estimate of drug-likeness (QED) is 0.767. The van der Waals surface area contributed by atoms with Crippen molar-refractivity contribution in [3.63, 3.8) is 0 Å². The number of hydrogen-bond acceptors (Lipinski definition) is 2. The number of benzene rings is 2. The van der Waals surface area contributed by atoms with Crippen LogP contribution in [0.3, 0.4) is 0 Å². The number of aromatic amines is 1. The van der Waals surface area contributed by atoms with Crippen molar-refractivity contribution in [2.75, 3.05) is 12.4 Å². The Kier molecular flexibility index (Phi) is 3.73. The molecule has 0 atom stereocenters. The smallest absolute Gasteiger partial charge is 0.258 e. The third-order valence-electron chi connectivity index (χ3n) is 3.60. The highest BCUT2D eigenvalue weighted by Crippen LogP contribution is 2.31. The number of rotatable bonds is 3. The zero-order valence-electron chi connectivity index (χ0n) is 12.5. The Morgan fingerprint density at radius 2 is 1.96 bits per heavy atom. The molecule has 2 N–H and O–H groups in total. The van der Waals surface area contributed by atoms with Gasteiger partial charge in [-0.2, -0.15) is 0 Å². The maximum Gasteiger partial charge on any atom is 0.258 e. The molecule has 3 aromatic rings. The molecule has 0 saturated carbocycles. The normalized spacial score (nSPS) is 10.8. The van der Waals surface area contributed by atoms with Crippen LogP contribution in [0.15, 0.2) is 36.4 Å². The van der Waals surface area contributed by atoms with E-state index in [4.69, 9.17) is 4.74 Å². The summed E-state index contributed by atoms with van der Waals surface area (Å²) < 4.78 is 31.5. The fraction of sp³-hybridized carbons (Fsp3) is 0.118. The summed E-state index contributed by atoms with van der Waals surface area (Å²) in [6.45, 7) is 1.76. The summed E-state index contributed by atoms with van der Waals surface area (Å²) in [5, 5.41) is 3.22. The van der Waals surface area contributed by atoms with E-state index in [9.17, 15) is 13.6 Å². The number of anilines is 1. The summed E-state index contributed by atoms with van der Waals surface area (Å²) in [6, 6.07) is 8.61. The number of carbonyl (C=O) groups is 1. The summed E-state index contributed by atoms with van der Waals surface area (Å²) in [5.74, 6) is -1.85. The Morgan fingerprint density at radius 1 is 1.17 bits per heavy atom. The van der Waals surface area contributed by atoms with E-state index in [1.165, 1.54) is 13.2 Å². The van der Waals surface area contributed by atoms with Gasteiger partial charge in [0, 0.05) is 17.4 Å². The van der Waals surface area contributed by atoms with Gasteiger partial charge in [-0.1, -0.05) is 6.07 Å². The molecule has 4 nitrogen and oxygen atoms in total. The van der Waals surface area contributed by atoms with Crippen molar-refractivity contribution in [3.8, 4) is 5.75 Å². The molecule has 2 aromatic carbocycles. The fourth-order valence-corrected chi connectivity index (χ4v) is 2.57. The van der Waals surface area contributed by atoms with Crippen molar-refractivity contribution in [2.24, 2.45) is 0 Å². The number of carbonyl (C=O) groups excluding carboxylic acids is 1. The highest BCUT2D eigenvalue weighted by molar-refractivity contribution is 6.15. The van der Waals surface area contributed by atoms with Gasteiger partial charge in [0.1, 0.15) is 5.75 Å². The molecule has 0 aliphatic heterocycles. The van der Waals surface area contributed by atoms with Crippen LogP contribution < -0.4 is 10.1 Å². The maximum absolute atomic E-state index is 13.3. The molecule has 0 radical (unpaired) electrons. The van der Waals surface area contributed by atoms with E-state index in [-0.39, 0.29) is 5.69 Å². The molecule has 0 unspecified atom stereocenters. The monoisotopic (exact) mass is 316 g/mol. The third-order valence-corrected chi connectivity index (χ3v) is 3.60. The van der Waals surface area contributed by atoms with Gasteiger partial charge >= 0.3 is 0 Å².